The number of unbranched alkanes of at least 4 members (excludes halogenated alkanes) is 5. The summed E-state index contributed by atoms with van der Waals surface area (Å²) in [5, 5.41) is 29.1. The van der Waals surface area contributed by atoms with Crippen LogP contribution in [-0.4, -0.2) is 27.5 Å². The van der Waals surface area contributed by atoms with Crippen molar-refractivity contribution < 1.29 is 15.3 Å². The van der Waals surface area contributed by atoms with Crippen molar-refractivity contribution in [2.75, 3.05) is 0 Å². The molecule has 0 aromatic carbocycles. The maximum atomic E-state index is 9.88. The van der Waals surface area contributed by atoms with E-state index in [4.69, 9.17) is 0 Å². The minimum absolute atomic E-state index is 0.210. The van der Waals surface area contributed by atoms with Crippen LogP contribution in [0.15, 0.2) is 48.8 Å². The largest absolute Gasteiger partial charge is 0.508 e. The van der Waals surface area contributed by atoms with Gasteiger partial charge in [0.1, 0.15) is 5.76 Å². The number of aliphatic hydroxyl groups excluding tert-OH is 3. The molecule has 0 aliphatic carbocycles. The highest BCUT2D eigenvalue weighted by Gasteiger charge is 2.14. The van der Waals surface area contributed by atoms with Gasteiger partial charge in [0.2, 0.25) is 0 Å². The molecule has 0 aromatic heterocycles. The lowest BCUT2D eigenvalue weighted by Gasteiger charge is -2.17. The predicted octanol–water partition coefficient (Wildman–Crippen LogP) is 4.98. The molecule has 3 heteroatoms. The summed E-state index contributed by atoms with van der Waals surface area (Å²) >= 11 is 0. The molecular formula is C20H34O3. The molecule has 132 valence electrons. The Balaban J connectivity index is 3.64. The molecule has 23 heavy (non-hydrogen) atoms. The van der Waals surface area contributed by atoms with Gasteiger partial charge in [-0.1, -0.05) is 69.9 Å². The molecule has 0 saturated carbocycles. The quantitative estimate of drug-likeness (QED) is 0.240. The first kappa shape index (κ1) is 21.7. The first-order chi connectivity index (χ1) is 11.1. The second-order valence-corrected chi connectivity index (χ2v) is 5.88. The van der Waals surface area contributed by atoms with Crippen molar-refractivity contribution >= 4 is 0 Å². The second kappa shape index (κ2) is 15.6. The van der Waals surface area contributed by atoms with Crippen molar-refractivity contribution in [3.63, 3.8) is 0 Å². The van der Waals surface area contributed by atoms with Crippen LogP contribution in [0.2, 0.25) is 0 Å². The lowest BCUT2D eigenvalue weighted by molar-refractivity contribution is 0.00721. The molecule has 0 bridgehead atoms. The van der Waals surface area contributed by atoms with Crippen LogP contribution in [0.4, 0.5) is 0 Å². The maximum absolute atomic E-state index is 9.88. The van der Waals surface area contributed by atoms with Gasteiger partial charge in [0.15, 0.2) is 0 Å². The van der Waals surface area contributed by atoms with Crippen molar-refractivity contribution in [1.29, 1.82) is 0 Å². The van der Waals surface area contributed by atoms with Crippen molar-refractivity contribution in [3.05, 3.63) is 48.8 Å². The van der Waals surface area contributed by atoms with E-state index in [1.165, 1.54) is 0 Å². The number of aliphatic hydroxyl groups is 3. The van der Waals surface area contributed by atoms with Gasteiger partial charge in [0, 0.05) is 0 Å². The third kappa shape index (κ3) is 14.0. The van der Waals surface area contributed by atoms with E-state index in [0.29, 0.717) is 12.8 Å². The number of allylic oxidation sites excluding steroid dienone is 6. The van der Waals surface area contributed by atoms with Gasteiger partial charge in [-0.25, -0.2) is 0 Å². The van der Waals surface area contributed by atoms with E-state index >= 15 is 0 Å². The zero-order chi connectivity index (χ0) is 17.3. The Morgan fingerprint density at radius 3 is 2.22 bits per heavy atom. The highest BCUT2D eigenvalue weighted by atomic mass is 16.3. The molecule has 2 unspecified atom stereocenters. The Bertz CT molecular complexity index is 369. The van der Waals surface area contributed by atoms with Gasteiger partial charge in [-0.15, -0.1) is 0 Å². The smallest absolute Gasteiger partial charge is 0.115 e. The Morgan fingerprint density at radius 2 is 1.61 bits per heavy atom. The molecule has 2 atom stereocenters. The summed E-state index contributed by atoms with van der Waals surface area (Å²) in [6, 6.07) is 0. The van der Waals surface area contributed by atoms with E-state index < -0.39 is 12.2 Å². The molecule has 0 fully saturated rings. The zero-order valence-electron chi connectivity index (χ0n) is 14.5. The standard InChI is InChI=1S/C20H34O3/c1-3-5-11-16-19(22)20(23)17-13-10-8-7-9-12-15-18(21)14-6-4-2/h4,6,9,12,14-15,19-23H,2-3,5,7-8,10-11,13,16-17H2,1H3. The van der Waals surface area contributed by atoms with Crippen LogP contribution in [-0.2, 0) is 0 Å². The summed E-state index contributed by atoms with van der Waals surface area (Å²) in [5.41, 5.74) is 0. The third-order valence-corrected chi connectivity index (χ3v) is 3.72. The Hall–Kier alpha value is -1.32. The fraction of sp³-hybridized carbons (Fsp3) is 0.600. The Labute approximate surface area is 141 Å². The Morgan fingerprint density at radius 1 is 0.957 bits per heavy atom. The second-order valence-electron chi connectivity index (χ2n) is 5.88. The summed E-state index contributed by atoms with van der Waals surface area (Å²) in [5.74, 6) is 0.210. The fourth-order valence-electron chi connectivity index (χ4n) is 2.27. The molecule has 0 saturated heterocycles. The third-order valence-electron chi connectivity index (χ3n) is 3.72. The molecule has 0 amide bonds. The first-order valence-electron chi connectivity index (χ1n) is 8.82. The topological polar surface area (TPSA) is 60.7 Å². The molecule has 3 nitrogen and oxygen atoms in total. The molecule has 0 aliphatic heterocycles. The van der Waals surface area contributed by atoms with Gasteiger partial charge in [0.05, 0.1) is 12.2 Å². The molecule has 0 aromatic rings. The number of rotatable bonds is 14. The summed E-state index contributed by atoms with van der Waals surface area (Å²) < 4.78 is 0. The van der Waals surface area contributed by atoms with Crippen LogP contribution in [0.1, 0.15) is 64.7 Å². The molecule has 3 N–H and O–H groups in total. The van der Waals surface area contributed by atoms with Crippen LogP contribution in [0.3, 0.4) is 0 Å². The van der Waals surface area contributed by atoms with Gasteiger partial charge < -0.3 is 15.3 Å². The van der Waals surface area contributed by atoms with Gasteiger partial charge >= 0.3 is 0 Å². The van der Waals surface area contributed by atoms with Crippen molar-refractivity contribution in [2.45, 2.75) is 76.9 Å². The first-order valence-corrected chi connectivity index (χ1v) is 8.82. The van der Waals surface area contributed by atoms with E-state index in [1.54, 1.807) is 24.3 Å². The van der Waals surface area contributed by atoms with Gasteiger partial charge in [0.25, 0.3) is 0 Å². The maximum Gasteiger partial charge on any atom is 0.115 e. The number of hydrogen-bond donors (Lipinski definition) is 3. The average Bonchev–Trinajstić information content (AvgIpc) is 2.55. The van der Waals surface area contributed by atoms with E-state index in [1.807, 2.05) is 12.2 Å². The molecule has 0 rings (SSSR count). The summed E-state index contributed by atoms with van der Waals surface area (Å²) in [7, 11) is 0. The highest BCUT2D eigenvalue weighted by Crippen LogP contribution is 2.13. The molecule has 0 aliphatic rings. The highest BCUT2D eigenvalue weighted by molar-refractivity contribution is 5.19. The van der Waals surface area contributed by atoms with Crippen LogP contribution in [0.5, 0.6) is 0 Å². The fourth-order valence-corrected chi connectivity index (χ4v) is 2.27. The Kier molecular flexibility index (Phi) is 14.7. The van der Waals surface area contributed by atoms with Crippen LogP contribution in [0.25, 0.3) is 0 Å². The summed E-state index contributed by atoms with van der Waals surface area (Å²) in [6.45, 7) is 5.67. The van der Waals surface area contributed by atoms with Crippen molar-refractivity contribution in [3.8, 4) is 0 Å². The van der Waals surface area contributed by atoms with Crippen molar-refractivity contribution in [2.24, 2.45) is 0 Å². The van der Waals surface area contributed by atoms with Crippen LogP contribution < -0.4 is 0 Å². The monoisotopic (exact) mass is 322 g/mol. The molecule has 0 spiro atoms. The minimum atomic E-state index is -0.584. The zero-order valence-corrected chi connectivity index (χ0v) is 14.5. The minimum Gasteiger partial charge on any atom is -0.508 e. The molecule has 0 radical (unpaired) electrons. The van der Waals surface area contributed by atoms with E-state index in [9.17, 15) is 15.3 Å². The van der Waals surface area contributed by atoms with E-state index in [-0.39, 0.29) is 5.76 Å². The lowest BCUT2D eigenvalue weighted by atomic mass is 10.0. The average molecular weight is 322 g/mol. The lowest BCUT2D eigenvalue weighted by Crippen LogP contribution is -2.25. The number of hydrogen-bond acceptors (Lipinski definition) is 3. The summed E-state index contributed by atoms with van der Waals surface area (Å²) in [6.07, 6.45) is 17.8. The van der Waals surface area contributed by atoms with E-state index in [2.05, 4.69) is 13.5 Å². The van der Waals surface area contributed by atoms with Gasteiger partial charge in [-0.2, -0.15) is 0 Å². The normalized spacial score (nSPS) is 15.3. The van der Waals surface area contributed by atoms with E-state index in [0.717, 1.165) is 44.9 Å². The van der Waals surface area contributed by atoms with Gasteiger partial charge in [-0.05, 0) is 37.8 Å². The SMILES string of the molecule is C=CC=CC(O)=CC=CCCCCCC(O)C(O)CCCCC. The predicted molar refractivity (Wildman–Crippen MR) is 98.4 cm³/mol. The molecular weight excluding hydrogens is 288 g/mol. The van der Waals surface area contributed by atoms with Gasteiger partial charge in [-0.3, -0.25) is 0 Å². The van der Waals surface area contributed by atoms with Crippen molar-refractivity contribution in [1.82, 2.24) is 0 Å². The van der Waals surface area contributed by atoms with Crippen LogP contribution >= 0.6 is 0 Å². The van der Waals surface area contributed by atoms with Crippen LogP contribution in [0, 0.1) is 0 Å². The summed E-state index contributed by atoms with van der Waals surface area (Å²) in [4.78, 5) is 0. The molecule has 0 heterocycles.